The van der Waals surface area contributed by atoms with Gasteiger partial charge in [0.25, 0.3) is 0 Å². The van der Waals surface area contributed by atoms with Gasteiger partial charge >= 0.3 is 0 Å². The van der Waals surface area contributed by atoms with Gasteiger partial charge in [0.05, 0.1) is 18.7 Å². The van der Waals surface area contributed by atoms with Crippen molar-refractivity contribution in [3.8, 4) is 6.07 Å². The van der Waals surface area contributed by atoms with Gasteiger partial charge in [0.15, 0.2) is 0 Å². The molecule has 2 amide bonds. The fourth-order valence-electron chi connectivity index (χ4n) is 3.37. The summed E-state index contributed by atoms with van der Waals surface area (Å²) in [4.78, 5) is 27.4. The van der Waals surface area contributed by atoms with Gasteiger partial charge in [-0.05, 0) is 60.9 Å². The summed E-state index contributed by atoms with van der Waals surface area (Å²) in [5.41, 5.74) is 0. The van der Waals surface area contributed by atoms with Crippen LogP contribution in [0.15, 0.2) is 29.2 Å². The highest BCUT2D eigenvalue weighted by atomic mass is 32.2. The second-order valence-corrected chi connectivity index (χ2v) is 8.57. The molecule has 0 bridgehead atoms. The van der Waals surface area contributed by atoms with Crippen molar-refractivity contribution in [2.24, 2.45) is 11.8 Å². The van der Waals surface area contributed by atoms with Crippen molar-refractivity contribution in [1.82, 2.24) is 14.9 Å². The zero-order chi connectivity index (χ0) is 20.1. The van der Waals surface area contributed by atoms with E-state index in [0.717, 1.165) is 17.7 Å². The third-order valence-corrected chi connectivity index (χ3v) is 6.02. The van der Waals surface area contributed by atoms with Gasteiger partial charge in [-0.15, -0.1) is 0 Å². The molecule has 8 heteroatoms. The van der Waals surface area contributed by atoms with Crippen molar-refractivity contribution in [2.75, 3.05) is 13.1 Å². The second-order valence-electron chi connectivity index (χ2n) is 7.66. The first kappa shape index (κ1) is 20.6. The van der Waals surface area contributed by atoms with Crippen LogP contribution in [0.25, 0.3) is 0 Å². The van der Waals surface area contributed by atoms with Crippen LogP contribution in [-0.2, 0) is 9.59 Å². The third-order valence-electron chi connectivity index (χ3n) is 5.11. The van der Waals surface area contributed by atoms with E-state index in [9.17, 15) is 19.2 Å². The van der Waals surface area contributed by atoms with Gasteiger partial charge in [0.2, 0.25) is 11.8 Å². The summed E-state index contributed by atoms with van der Waals surface area (Å²) in [5.74, 6) is 0.0640. The predicted molar refractivity (Wildman–Crippen MR) is 104 cm³/mol. The molecule has 1 saturated heterocycles. The minimum absolute atomic E-state index is 0.103. The molecule has 2 aliphatic rings. The first-order valence-electron chi connectivity index (χ1n) is 9.61. The van der Waals surface area contributed by atoms with E-state index in [1.165, 1.54) is 24.1 Å². The van der Waals surface area contributed by atoms with Crippen molar-refractivity contribution >= 4 is 23.8 Å². The Bertz CT molecular complexity index is 748. The van der Waals surface area contributed by atoms with E-state index in [1.807, 2.05) is 6.92 Å². The maximum absolute atomic E-state index is 13.0. The monoisotopic (exact) mass is 404 g/mol. The Balaban J connectivity index is 1.52. The largest absolute Gasteiger partial charge is 0.346 e. The van der Waals surface area contributed by atoms with Crippen LogP contribution in [0.4, 0.5) is 4.39 Å². The van der Waals surface area contributed by atoms with Crippen LogP contribution < -0.4 is 10.0 Å². The van der Waals surface area contributed by atoms with E-state index in [0.29, 0.717) is 31.2 Å². The molecule has 0 spiro atoms. The van der Waals surface area contributed by atoms with Gasteiger partial charge in [0, 0.05) is 11.4 Å². The number of nitrogens with one attached hydrogen (secondary N) is 2. The lowest BCUT2D eigenvalue weighted by Crippen LogP contribution is -2.47. The number of hydrogen-bond acceptors (Lipinski definition) is 5. The molecule has 1 saturated carbocycles. The second kappa shape index (κ2) is 9.39. The molecule has 6 nitrogen and oxygen atoms in total. The quantitative estimate of drug-likeness (QED) is 0.650. The number of benzene rings is 1. The smallest absolute Gasteiger partial charge is 0.243 e. The number of halogens is 1. The van der Waals surface area contributed by atoms with Gasteiger partial charge < -0.3 is 10.2 Å². The number of amides is 2. The Morgan fingerprint density at radius 2 is 2.07 bits per heavy atom. The zero-order valence-electron chi connectivity index (χ0n) is 15.9. The van der Waals surface area contributed by atoms with E-state index in [1.54, 1.807) is 17.0 Å². The average molecular weight is 405 g/mol. The highest BCUT2D eigenvalue weighted by Crippen LogP contribution is 2.34. The Morgan fingerprint density at radius 1 is 1.36 bits per heavy atom. The van der Waals surface area contributed by atoms with Crippen LogP contribution in [0, 0.1) is 29.0 Å². The van der Waals surface area contributed by atoms with Gasteiger partial charge in [-0.2, -0.15) is 5.26 Å². The molecule has 3 unspecified atom stereocenters. The molecular weight excluding hydrogens is 379 g/mol. The molecule has 28 heavy (non-hydrogen) atoms. The van der Waals surface area contributed by atoms with Crippen LogP contribution in [0.3, 0.4) is 0 Å². The van der Waals surface area contributed by atoms with Crippen molar-refractivity contribution in [3.05, 3.63) is 30.1 Å². The van der Waals surface area contributed by atoms with E-state index >= 15 is 0 Å². The van der Waals surface area contributed by atoms with Crippen LogP contribution in [0.2, 0.25) is 0 Å². The zero-order valence-corrected chi connectivity index (χ0v) is 16.7. The Kier molecular flexibility index (Phi) is 6.92. The maximum atomic E-state index is 13.0. The van der Waals surface area contributed by atoms with Gasteiger partial charge in [-0.1, -0.05) is 19.8 Å². The fraction of sp³-hybridized carbons (Fsp3) is 0.550. The maximum Gasteiger partial charge on any atom is 0.243 e. The SMILES string of the molecule is CC1CC(C#N)N(C(=O)CNC(=O)C(CC2CC2)NSc2ccc(F)cc2)C1. The number of likely N-dealkylation sites (tertiary alicyclic amines) is 1. The fourth-order valence-corrected chi connectivity index (χ4v) is 4.12. The van der Waals surface area contributed by atoms with E-state index < -0.39 is 12.1 Å². The molecule has 1 aliphatic heterocycles. The van der Waals surface area contributed by atoms with Crippen LogP contribution in [-0.4, -0.2) is 41.9 Å². The molecule has 0 aromatic heterocycles. The lowest BCUT2D eigenvalue weighted by molar-refractivity contribution is -0.133. The summed E-state index contributed by atoms with van der Waals surface area (Å²) in [6.07, 6.45) is 3.61. The summed E-state index contributed by atoms with van der Waals surface area (Å²) in [6, 6.07) is 7.38. The molecule has 1 heterocycles. The number of carbonyl (C=O) groups excluding carboxylic acids is 2. The summed E-state index contributed by atoms with van der Waals surface area (Å²) < 4.78 is 16.2. The van der Waals surface area contributed by atoms with Crippen molar-refractivity contribution in [2.45, 2.75) is 49.6 Å². The lowest BCUT2D eigenvalue weighted by Gasteiger charge is -2.21. The van der Waals surface area contributed by atoms with E-state index in [4.69, 9.17) is 0 Å². The molecule has 2 fully saturated rings. The number of nitriles is 1. The molecule has 1 aromatic rings. The van der Waals surface area contributed by atoms with Gasteiger partial charge in [-0.3, -0.25) is 9.59 Å². The highest BCUT2D eigenvalue weighted by molar-refractivity contribution is 7.97. The van der Waals surface area contributed by atoms with Crippen LogP contribution >= 0.6 is 11.9 Å². The van der Waals surface area contributed by atoms with Crippen molar-refractivity contribution in [1.29, 1.82) is 5.26 Å². The van der Waals surface area contributed by atoms with Gasteiger partial charge in [0.1, 0.15) is 11.9 Å². The molecule has 2 N–H and O–H groups in total. The molecule has 150 valence electrons. The normalized spacial score (nSPS) is 22.5. The summed E-state index contributed by atoms with van der Waals surface area (Å²) in [6.45, 7) is 2.46. The van der Waals surface area contributed by atoms with Crippen molar-refractivity contribution in [3.63, 3.8) is 0 Å². The lowest BCUT2D eigenvalue weighted by atomic mass is 10.1. The molecule has 3 rings (SSSR count). The summed E-state index contributed by atoms with van der Waals surface area (Å²) in [7, 11) is 0. The Hall–Kier alpha value is -2.11. The molecular formula is C20H25FN4O2S. The minimum atomic E-state index is -0.431. The van der Waals surface area contributed by atoms with Crippen LogP contribution in [0.1, 0.15) is 32.6 Å². The number of hydrogen-bond donors (Lipinski definition) is 2. The van der Waals surface area contributed by atoms with Crippen LogP contribution in [0.5, 0.6) is 0 Å². The minimum Gasteiger partial charge on any atom is -0.346 e. The number of nitrogens with zero attached hydrogens (tertiary/aromatic N) is 2. The topological polar surface area (TPSA) is 85.2 Å². The molecule has 1 aromatic carbocycles. The summed E-state index contributed by atoms with van der Waals surface area (Å²) >= 11 is 1.28. The van der Waals surface area contributed by atoms with Crippen molar-refractivity contribution < 1.29 is 14.0 Å². The van der Waals surface area contributed by atoms with E-state index in [-0.39, 0.29) is 24.2 Å². The first-order chi connectivity index (χ1) is 13.5. The molecule has 0 radical (unpaired) electrons. The average Bonchev–Trinajstić information content (AvgIpc) is 3.43. The Labute approximate surface area is 169 Å². The molecule has 3 atom stereocenters. The van der Waals surface area contributed by atoms with E-state index in [2.05, 4.69) is 16.1 Å². The number of carbonyl (C=O) groups is 2. The Morgan fingerprint density at radius 3 is 2.71 bits per heavy atom. The standard InChI is InChI=1S/C20H25FN4O2S/c1-13-8-16(10-22)25(12-13)19(26)11-23-20(27)18(9-14-2-3-14)24-28-17-6-4-15(21)5-7-17/h4-7,13-14,16,18,24H,2-3,8-9,11-12H2,1H3,(H,23,27). The van der Waals surface area contributed by atoms with Gasteiger partial charge in [-0.25, -0.2) is 9.11 Å². The summed E-state index contributed by atoms with van der Waals surface area (Å²) in [5, 5.41) is 11.9. The molecule has 1 aliphatic carbocycles. The third kappa shape index (κ3) is 5.69. The first-order valence-corrected chi connectivity index (χ1v) is 10.4. The highest BCUT2D eigenvalue weighted by Gasteiger charge is 2.34. The number of rotatable bonds is 8. The predicted octanol–water partition coefficient (Wildman–Crippen LogP) is 2.47.